The monoisotopic (exact) mass is 301 g/mol. The molecule has 20 heavy (non-hydrogen) atoms. The van der Waals surface area contributed by atoms with Crippen LogP contribution in [0, 0.1) is 5.92 Å². The number of hydrogen-bond donors (Lipinski definition) is 1. The Kier molecular flexibility index (Phi) is 4.44. The molecule has 1 aromatic rings. The highest BCUT2D eigenvalue weighted by atomic mass is 32.2. The maximum atomic E-state index is 12.4. The van der Waals surface area contributed by atoms with E-state index < -0.39 is 16.0 Å². The Morgan fingerprint density at radius 3 is 2.90 bits per heavy atom. The highest BCUT2D eigenvalue weighted by molar-refractivity contribution is 7.89. The van der Waals surface area contributed by atoms with Crippen LogP contribution in [0.5, 0.6) is 0 Å². The van der Waals surface area contributed by atoms with Gasteiger partial charge < -0.3 is 5.11 Å². The van der Waals surface area contributed by atoms with Gasteiger partial charge in [0, 0.05) is 19.3 Å². The molecular formula is C12H19N3O4S. The number of nitrogens with zero attached hydrogens (tertiary/aromatic N) is 3. The Labute approximate surface area is 118 Å². The first-order valence-corrected chi connectivity index (χ1v) is 8.12. The van der Waals surface area contributed by atoms with Crippen LogP contribution in [0.4, 0.5) is 0 Å². The molecule has 0 amide bonds. The third-order valence-corrected chi connectivity index (χ3v) is 5.45. The van der Waals surface area contributed by atoms with Gasteiger partial charge in [0.05, 0.1) is 19.2 Å². The van der Waals surface area contributed by atoms with Crippen LogP contribution < -0.4 is 0 Å². The molecule has 1 fully saturated rings. The number of carboxylic acid groups (broad SMARTS) is 1. The van der Waals surface area contributed by atoms with Gasteiger partial charge in [-0.05, 0) is 12.3 Å². The number of hydrogen-bond acceptors (Lipinski definition) is 4. The second kappa shape index (κ2) is 5.92. The van der Waals surface area contributed by atoms with Crippen molar-refractivity contribution in [2.24, 2.45) is 5.92 Å². The Bertz CT molecular complexity index is 581. The van der Waals surface area contributed by atoms with Crippen molar-refractivity contribution in [1.29, 1.82) is 0 Å². The number of aryl methyl sites for hydroxylation is 1. The van der Waals surface area contributed by atoms with Crippen molar-refractivity contribution in [3.05, 3.63) is 12.4 Å². The Morgan fingerprint density at radius 2 is 2.30 bits per heavy atom. The molecule has 0 saturated carbocycles. The summed E-state index contributed by atoms with van der Waals surface area (Å²) in [6.07, 6.45) is 4.48. The van der Waals surface area contributed by atoms with Crippen molar-refractivity contribution < 1.29 is 18.3 Å². The van der Waals surface area contributed by atoms with Crippen molar-refractivity contribution in [1.82, 2.24) is 14.1 Å². The van der Waals surface area contributed by atoms with Gasteiger partial charge in [0.25, 0.3) is 0 Å². The lowest BCUT2D eigenvalue weighted by atomic mass is 10.1. The molecular weight excluding hydrogens is 282 g/mol. The van der Waals surface area contributed by atoms with Crippen molar-refractivity contribution in [3.8, 4) is 0 Å². The summed E-state index contributed by atoms with van der Waals surface area (Å²) in [5.74, 6) is -0.512. The highest BCUT2D eigenvalue weighted by Crippen LogP contribution is 2.25. The highest BCUT2D eigenvalue weighted by Gasteiger charge is 2.32. The van der Waals surface area contributed by atoms with Gasteiger partial charge in [-0.2, -0.15) is 9.40 Å². The summed E-state index contributed by atoms with van der Waals surface area (Å²) in [7, 11) is -3.50. The molecule has 7 nitrogen and oxygen atoms in total. The molecule has 112 valence electrons. The van der Waals surface area contributed by atoms with Gasteiger partial charge in [0.2, 0.25) is 10.0 Å². The average Bonchev–Trinajstić information content (AvgIpc) is 3.05. The van der Waals surface area contributed by atoms with Crippen molar-refractivity contribution >= 4 is 16.0 Å². The van der Waals surface area contributed by atoms with Crippen LogP contribution in [0.3, 0.4) is 0 Å². The topological polar surface area (TPSA) is 92.5 Å². The molecule has 1 aliphatic heterocycles. The predicted molar refractivity (Wildman–Crippen MR) is 71.6 cm³/mol. The fraction of sp³-hybridized carbons (Fsp3) is 0.667. The van der Waals surface area contributed by atoms with Gasteiger partial charge in [0.1, 0.15) is 4.90 Å². The summed E-state index contributed by atoms with van der Waals surface area (Å²) >= 11 is 0. The molecule has 1 atom stereocenters. The van der Waals surface area contributed by atoms with Gasteiger partial charge >= 0.3 is 5.97 Å². The van der Waals surface area contributed by atoms with Gasteiger partial charge in [-0.15, -0.1) is 0 Å². The van der Waals surface area contributed by atoms with E-state index in [0.29, 0.717) is 19.0 Å². The molecule has 1 saturated heterocycles. The van der Waals surface area contributed by atoms with E-state index in [1.54, 1.807) is 0 Å². The first-order valence-electron chi connectivity index (χ1n) is 6.68. The van der Waals surface area contributed by atoms with Gasteiger partial charge in [-0.25, -0.2) is 8.42 Å². The van der Waals surface area contributed by atoms with Gasteiger partial charge in [-0.3, -0.25) is 9.48 Å². The lowest BCUT2D eigenvalue weighted by Crippen LogP contribution is -2.28. The maximum Gasteiger partial charge on any atom is 0.305 e. The lowest BCUT2D eigenvalue weighted by Gasteiger charge is -2.14. The SMILES string of the molecule is CCC1CCN(S(=O)(=O)c2cnn(CCC(=O)O)c2)C1. The molecule has 1 unspecified atom stereocenters. The van der Waals surface area contributed by atoms with E-state index in [1.165, 1.54) is 21.4 Å². The van der Waals surface area contributed by atoms with Crippen LogP contribution in [-0.4, -0.2) is 46.7 Å². The lowest BCUT2D eigenvalue weighted by molar-refractivity contribution is -0.137. The summed E-state index contributed by atoms with van der Waals surface area (Å²) in [4.78, 5) is 10.6. The third-order valence-electron chi connectivity index (χ3n) is 3.63. The zero-order valence-corrected chi connectivity index (χ0v) is 12.2. The predicted octanol–water partition coefficient (Wildman–Crippen LogP) is 0.778. The molecule has 0 bridgehead atoms. The van der Waals surface area contributed by atoms with E-state index in [2.05, 4.69) is 12.0 Å². The summed E-state index contributed by atoms with van der Waals surface area (Å²) in [6.45, 7) is 3.33. The molecule has 2 rings (SSSR count). The largest absolute Gasteiger partial charge is 0.481 e. The number of rotatable bonds is 6. The fourth-order valence-corrected chi connectivity index (χ4v) is 3.79. The van der Waals surface area contributed by atoms with Crippen LogP contribution in [-0.2, 0) is 21.4 Å². The maximum absolute atomic E-state index is 12.4. The van der Waals surface area contributed by atoms with Crippen molar-refractivity contribution in [3.63, 3.8) is 0 Å². The van der Waals surface area contributed by atoms with Crippen molar-refractivity contribution in [2.75, 3.05) is 13.1 Å². The Morgan fingerprint density at radius 1 is 1.55 bits per heavy atom. The minimum Gasteiger partial charge on any atom is -0.481 e. The second-order valence-electron chi connectivity index (χ2n) is 5.01. The summed E-state index contributed by atoms with van der Waals surface area (Å²) in [6, 6.07) is 0. The number of aliphatic carboxylic acids is 1. The number of aromatic nitrogens is 2. The van der Waals surface area contributed by atoms with E-state index in [0.717, 1.165) is 12.8 Å². The molecule has 0 aromatic carbocycles. The summed E-state index contributed by atoms with van der Waals surface area (Å²) in [5.41, 5.74) is 0. The minimum atomic E-state index is -3.50. The number of carbonyl (C=O) groups is 1. The quantitative estimate of drug-likeness (QED) is 0.838. The van der Waals surface area contributed by atoms with E-state index in [4.69, 9.17) is 5.11 Å². The minimum absolute atomic E-state index is 0.0806. The van der Waals surface area contributed by atoms with Crippen molar-refractivity contribution in [2.45, 2.75) is 37.6 Å². The first-order chi connectivity index (χ1) is 9.43. The molecule has 1 N–H and O–H groups in total. The van der Waals surface area contributed by atoms with E-state index in [1.807, 2.05) is 0 Å². The zero-order chi connectivity index (χ0) is 14.8. The summed E-state index contributed by atoms with van der Waals surface area (Å²) < 4.78 is 27.6. The van der Waals surface area contributed by atoms with Crippen LogP contribution in [0.1, 0.15) is 26.2 Å². The fourth-order valence-electron chi connectivity index (χ4n) is 2.31. The molecule has 1 aliphatic rings. The standard InChI is InChI=1S/C12H19N3O4S/c1-2-10-3-6-15(8-10)20(18,19)11-7-13-14(9-11)5-4-12(16)17/h7,9-10H,2-6,8H2,1H3,(H,16,17). The molecule has 0 radical (unpaired) electrons. The molecule has 0 spiro atoms. The second-order valence-corrected chi connectivity index (χ2v) is 6.95. The number of sulfonamides is 1. The van der Waals surface area contributed by atoms with Crippen LogP contribution >= 0.6 is 0 Å². The smallest absolute Gasteiger partial charge is 0.305 e. The third kappa shape index (κ3) is 3.18. The molecule has 8 heteroatoms. The molecule has 0 aliphatic carbocycles. The van der Waals surface area contributed by atoms with Crippen LogP contribution in [0.2, 0.25) is 0 Å². The van der Waals surface area contributed by atoms with E-state index >= 15 is 0 Å². The van der Waals surface area contributed by atoms with E-state index in [-0.39, 0.29) is 17.9 Å². The van der Waals surface area contributed by atoms with Gasteiger partial charge in [0.15, 0.2) is 0 Å². The zero-order valence-electron chi connectivity index (χ0n) is 11.4. The average molecular weight is 301 g/mol. The molecule has 1 aromatic heterocycles. The molecule has 2 heterocycles. The van der Waals surface area contributed by atoms with Gasteiger partial charge in [-0.1, -0.05) is 13.3 Å². The Balaban J connectivity index is 2.08. The Hall–Kier alpha value is -1.41. The first kappa shape index (κ1) is 15.0. The van der Waals surface area contributed by atoms with E-state index in [9.17, 15) is 13.2 Å². The normalized spacial score (nSPS) is 20.4. The van der Waals surface area contributed by atoms with Crippen LogP contribution in [0.25, 0.3) is 0 Å². The van der Waals surface area contributed by atoms with Crippen LogP contribution in [0.15, 0.2) is 17.3 Å². The number of carboxylic acids is 1. The summed E-state index contributed by atoms with van der Waals surface area (Å²) in [5, 5.41) is 12.5.